The van der Waals surface area contributed by atoms with Gasteiger partial charge in [0.2, 0.25) is 0 Å². The van der Waals surface area contributed by atoms with Crippen LogP contribution < -0.4 is 10.6 Å². The Morgan fingerprint density at radius 1 is 1.40 bits per heavy atom. The van der Waals surface area contributed by atoms with Crippen molar-refractivity contribution in [3.8, 4) is 0 Å². The summed E-state index contributed by atoms with van der Waals surface area (Å²) in [5.74, 6) is 0.817. The maximum absolute atomic E-state index is 12.1. The van der Waals surface area contributed by atoms with Crippen LogP contribution in [0.1, 0.15) is 21.9 Å². The second kappa shape index (κ2) is 6.18. The van der Waals surface area contributed by atoms with Gasteiger partial charge >= 0.3 is 0 Å². The molecule has 0 unspecified atom stereocenters. The molecule has 0 fully saturated rings. The molecule has 0 saturated heterocycles. The number of pyridine rings is 1. The molecule has 0 bridgehead atoms. The highest BCUT2D eigenvalue weighted by atomic mass is 16.1. The van der Waals surface area contributed by atoms with Gasteiger partial charge in [-0.05, 0) is 13.0 Å². The summed E-state index contributed by atoms with van der Waals surface area (Å²) in [5.41, 5.74) is 2.21. The normalized spacial score (nSPS) is 10.3. The van der Waals surface area contributed by atoms with Gasteiger partial charge in [0.05, 0.1) is 11.3 Å². The van der Waals surface area contributed by atoms with Crippen molar-refractivity contribution >= 4 is 11.6 Å². The molecule has 0 aliphatic heterocycles. The number of carbonyl (C=O) groups excluding carboxylic acids is 1. The molecule has 6 nitrogen and oxygen atoms in total. The summed E-state index contributed by atoms with van der Waals surface area (Å²) < 4.78 is 1.94. The van der Waals surface area contributed by atoms with E-state index >= 15 is 0 Å². The summed E-state index contributed by atoms with van der Waals surface area (Å²) in [6.45, 7) is 2.43. The van der Waals surface area contributed by atoms with Crippen LogP contribution in [0, 0.1) is 6.92 Å². The fourth-order valence-electron chi connectivity index (χ4n) is 1.97. The Bertz CT molecular complexity index is 605. The van der Waals surface area contributed by atoms with E-state index in [1.807, 2.05) is 30.8 Å². The van der Waals surface area contributed by atoms with Gasteiger partial charge in [0.25, 0.3) is 5.91 Å². The molecule has 2 aromatic heterocycles. The third-order valence-electron chi connectivity index (χ3n) is 3.11. The lowest BCUT2D eigenvalue weighted by Crippen LogP contribution is -2.27. The average molecular weight is 273 g/mol. The van der Waals surface area contributed by atoms with Crippen LogP contribution in [0.5, 0.6) is 0 Å². The van der Waals surface area contributed by atoms with Crippen molar-refractivity contribution in [2.75, 3.05) is 18.9 Å². The maximum atomic E-state index is 12.1. The molecule has 20 heavy (non-hydrogen) atoms. The number of imidazole rings is 1. The molecule has 0 atom stereocenters. The molecular weight excluding hydrogens is 254 g/mol. The minimum Gasteiger partial charge on any atom is -0.387 e. The number of nitrogens with zero attached hydrogens (tertiary/aromatic N) is 3. The molecule has 0 aliphatic carbocycles. The lowest BCUT2D eigenvalue weighted by Gasteiger charge is -2.10. The van der Waals surface area contributed by atoms with Gasteiger partial charge in [-0.3, -0.25) is 9.78 Å². The number of anilines is 1. The lowest BCUT2D eigenvalue weighted by atomic mass is 10.2. The molecule has 2 rings (SSSR count). The van der Waals surface area contributed by atoms with E-state index in [4.69, 9.17) is 0 Å². The van der Waals surface area contributed by atoms with Crippen LogP contribution in [0.15, 0.2) is 24.7 Å². The van der Waals surface area contributed by atoms with Crippen molar-refractivity contribution < 1.29 is 4.79 Å². The minimum absolute atomic E-state index is 0.129. The van der Waals surface area contributed by atoms with Crippen molar-refractivity contribution in [1.29, 1.82) is 0 Å². The Hall–Kier alpha value is -2.37. The summed E-state index contributed by atoms with van der Waals surface area (Å²) in [7, 11) is 3.73. The van der Waals surface area contributed by atoms with Gasteiger partial charge in [0, 0.05) is 51.3 Å². The first-order chi connectivity index (χ1) is 9.61. The van der Waals surface area contributed by atoms with Crippen molar-refractivity contribution in [3.63, 3.8) is 0 Å². The molecule has 0 spiro atoms. The van der Waals surface area contributed by atoms with Gasteiger partial charge in [-0.2, -0.15) is 0 Å². The zero-order chi connectivity index (χ0) is 14.5. The van der Waals surface area contributed by atoms with Crippen molar-refractivity contribution in [3.05, 3.63) is 41.7 Å². The highest BCUT2D eigenvalue weighted by Gasteiger charge is 2.11. The Morgan fingerprint density at radius 2 is 2.20 bits per heavy atom. The number of aryl methyl sites for hydroxylation is 2. The third-order valence-corrected chi connectivity index (χ3v) is 3.11. The van der Waals surface area contributed by atoms with Crippen LogP contribution in [-0.4, -0.2) is 34.0 Å². The highest BCUT2D eigenvalue weighted by molar-refractivity contribution is 5.99. The summed E-state index contributed by atoms with van der Waals surface area (Å²) in [4.78, 5) is 20.5. The SMILES string of the molecule is CNc1cc(C)ncc1C(=O)NCCc1nccn1C. The molecular formula is C14H19N5O. The predicted molar refractivity (Wildman–Crippen MR) is 77.8 cm³/mol. The first-order valence-electron chi connectivity index (χ1n) is 6.50. The van der Waals surface area contributed by atoms with Gasteiger partial charge in [-0.15, -0.1) is 0 Å². The summed E-state index contributed by atoms with van der Waals surface area (Å²) in [5, 5.41) is 5.90. The molecule has 0 saturated carbocycles. The van der Waals surface area contributed by atoms with Crippen LogP contribution >= 0.6 is 0 Å². The molecule has 0 aromatic carbocycles. The van der Waals surface area contributed by atoms with E-state index in [0.29, 0.717) is 18.5 Å². The number of nitrogens with one attached hydrogen (secondary N) is 2. The van der Waals surface area contributed by atoms with E-state index in [-0.39, 0.29) is 5.91 Å². The summed E-state index contributed by atoms with van der Waals surface area (Å²) in [6.07, 6.45) is 5.93. The summed E-state index contributed by atoms with van der Waals surface area (Å²) >= 11 is 0. The van der Waals surface area contributed by atoms with Gasteiger partial charge in [-0.1, -0.05) is 0 Å². The van der Waals surface area contributed by atoms with Crippen LogP contribution in [0.4, 0.5) is 5.69 Å². The molecule has 0 aliphatic rings. The zero-order valence-electron chi connectivity index (χ0n) is 12.0. The van der Waals surface area contributed by atoms with E-state index in [9.17, 15) is 4.79 Å². The fraction of sp³-hybridized carbons (Fsp3) is 0.357. The highest BCUT2D eigenvalue weighted by Crippen LogP contribution is 2.14. The number of carbonyl (C=O) groups is 1. The van der Waals surface area contributed by atoms with E-state index in [1.54, 1.807) is 19.4 Å². The van der Waals surface area contributed by atoms with Gasteiger partial charge in [0.1, 0.15) is 5.82 Å². The van der Waals surface area contributed by atoms with Crippen LogP contribution in [0.2, 0.25) is 0 Å². The monoisotopic (exact) mass is 273 g/mol. The zero-order valence-corrected chi connectivity index (χ0v) is 12.0. The number of hydrogen-bond acceptors (Lipinski definition) is 4. The molecule has 6 heteroatoms. The topological polar surface area (TPSA) is 71.8 Å². The predicted octanol–water partition coefficient (Wildman–Crippen LogP) is 1.14. The minimum atomic E-state index is -0.129. The first-order valence-corrected chi connectivity index (χ1v) is 6.50. The second-order valence-corrected chi connectivity index (χ2v) is 4.58. The number of rotatable bonds is 5. The summed E-state index contributed by atoms with van der Waals surface area (Å²) in [6, 6.07) is 1.85. The molecule has 2 N–H and O–H groups in total. The second-order valence-electron chi connectivity index (χ2n) is 4.58. The molecule has 2 aromatic rings. The third kappa shape index (κ3) is 3.14. The Labute approximate surface area is 118 Å². The van der Waals surface area contributed by atoms with E-state index < -0.39 is 0 Å². The van der Waals surface area contributed by atoms with E-state index in [2.05, 4.69) is 20.6 Å². The van der Waals surface area contributed by atoms with Gasteiger partial charge in [0.15, 0.2) is 0 Å². The Kier molecular flexibility index (Phi) is 4.34. The largest absolute Gasteiger partial charge is 0.387 e. The molecule has 0 radical (unpaired) electrons. The van der Waals surface area contributed by atoms with Gasteiger partial charge in [-0.25, -0.2) is 4.98 Å². The van der Waals surface area contributed by atoms with Crippen LogP contribution in [-0.2, 0) is 13.5 Å². The Morgan fingerprint density at radius 3 is 2.85 bits per heavy atom. The molecule has 2 heterocycles. The number of amides is 1. The number of hydrogen-bond donors (Lipinski definition) is 2. The van der Waals surface area contributed by atoms with Gasteiger partial charge < -0.3 is 15.2 Å². The quantitative estimate of drug-likeness (QED) is 0.857. The smallest absolute Gasteiger partial charge is 0.254 e. The maximum Gasteiger partial charge on any atom is 0.254 e. The lowest BCUT2D eigenvalue weighted by molar-refractivity contribution is 0.0954. The van der Waals surface area contributed by atoms with E-state index in [1.165, 1.54) is 0 Å². The van der Waals surface area contributed by atoms with Crippen LogP contribution in [0.3, 0.4) is 0 Å². The molecule has 1 amide bonds. The standard InChI is InChI=1S/C14H19N5O/c1-10-8-12(15-2)11(9-18-10)14(20)17-5-4-13-16-6-7-19(13)3/h6-9H,4-5H2,1-3H3,(H,15,18)(H,17,20). The van der Waals surface area contributed by atoms with Crippen molar-refractivity contribution in [2.24, 2.45) is 7.05 Å². The van der Waals surface area contributed by atoms with E-state index in [0.717, 1.165) is 17.2 Å². The van der Waals surface area contributed by atoms with Crippen molar-refractivity contribution in [1.82, 2.24) is 19.9 Å². The van der Waals surface area contributed by atoms with Crippen LogP contribution in [0.25, 0.3) is 0 Å². The van der Waals surface area contributed by atoms with Crippen molar-refractivity contribution in [2.45, 2.75) is 13.3 Å². The fourth-order valence-corrected chi connectivity index (χ4v) is 1.97. The number of aromatic nitrogens is 3. The molecule has 106 valence electrons. The first kappa shape index (κ1) is 14.0. The average Bonchev–Trinajstić information content (AvgIpc) is 2.84. The Balaban J connectivity index is 1.97.